The molecule has 4 nitrogen and oxygen atoms in total. The highest BCUT2D eigenvalue weighted by atomic mass is 16.5. The first-order chi connectivity index (χ1) is 9.56. The highest BCUT2D eigenvalue weighted by molar-refractivity contribution is 5.82. The van der Waals surface area contributed by atoms with Gasteiger partial charge in [-0.2, -0.15) is 0 Å². The Labute approximate surface area is 121 Å². The zero-order valence-corrected chi connectivity index (χ0v) is 12.8. The number of hydrogen-bond donors (Lipinski definition) is 1. The lowest BCUT2D eigenvalue weighted by molar-refractivity contribution is -0.152. The Balaban J connectivity index is 3.04. The fraction of sp³-hybridized carbons (Fsp3) is 0.562. The quantitative estimate of drug-likeness (QED) is 0.742. The molecule has 0 heterocycles. The van der Waals surface area contributed by atoms with Crippen LogP contribution in [-0.2, 0) is 19.8 Å². The second-order valence-corrected chi connectivity index (χ2v) is 5.20. The topological polar surface area (TPSA) is 47.6 Å². The summed E-state index contributed by atoms with van der Waals surface area (Å²) in [6, 6.07) is 9.57. The number of likely N-dealkylation sites (N-methyl/N-ethyl adjacent to an activating group) is 1. The van der Waals surface area contributed by atoms with Gasteiger partial charge in [-0.25, -0.2) is 4.79 Å². The molecule has 0 bridgehead atoms. The number of rotatable bonds is 8. The van der Waals surface area contributed by atoms with Crippen LogP contribution in [0, 0.1) is 5.92 Å². The molecule has 0 saturated heterocycles. The van der Waals surface area contributed by atoms with Crippen LogP contribution in [0.3, 0.4) is 0 Å². The first-order valence-corrected chi connectivity index (χ1v) is 7.03. The van der Waals surface area contributed by atoms with E-state index in [1.807, 2.05) is 37.3 Å². The van der Waals surface area contributed by atoms with Crippen molar-refractivity contribution in [2.24, 2.45) is 5.92 Å². The summed E-state index contributed by atoms with van der Waals surface area (Å²) in [5, 5.41) is 3.24. The third-order valence-corrected chi connectivity index (χ3v) is 3.05. The van der Waals surface area contributed by atoms with Crippen LogP contribution in [0.25, 0.3) is 0 Å². The maximum absolute atomic E-state index is 12.3. The van der Waals surface area contributed by atoms with Gasteiger partial charge >= 0.3 is 5.97 Å². The summed E-state index contributed by atoms with van der Waals surface area (Å²) in [5.41, 5.74) is -0.0860. The van der Waals surface area contributed by atoms with Crippen molar-refractivity contribution in [3.8, 4) is 0 Å². The van der Waals surface area contributed by atoms with Crippen molar-refractivity contribution >= 4 is 5.97 Å². The molecule has 1 N–H and O–H groups in total. The molecule has 112 valence electrons. The first kappa shape index (κ1) is 16.7. The molecular formula is C16H25NO3. The Hall–Kier alpha value is -1.39. The first-order valence-electron chi connectivity index (χ1n) is 7.03. The molecule has 0 aromatic heterocycles. The zero-order chi connectivity index (χ0) is 15.0. The van der Waals surface area contributed by atoms with E-state index in [-0.39, 0.29) is 12.6 Å². The summed E-state index contributed by atoms with van der Waals surface area (Å²) in [6.45, 7) is 7.63. The van der Waals surface area contributed by atoms with Crippen molar-refractivity contribution in [3.63, 3.8) is 0 Å². The Morgan fingerprint density at radius 1 is 1.30 bits per heavy atom. The van der Waals surface area contributed by atoms with Crippen molar-refractivity contribution in [1.29, 1.82) is 0 Å². The largest absolute Gasteiger partial charge is 0.467 e. The Morgan fingerprint density at radius 2 is 1.95 bits per heavy atom. The number of ether oxygens (including phenoxy) is 2. The summed E-state index contributed by atoms with van der Waals surface area (Å²) in [5.74, 6) is 0.0945. The van der Waals surface area contributed by atoms with Gasteiger partial charge in [0.15, 0.2) is 5.54 Å². The van der Waals surface area contributed by atoms with Crippen LogP contribution in [0.15, 0.2) is 30.3 Å². The lowest BCUT2D eigenvalue weighted by atomic mass is 9.90. The summed E-state index contributed by atoms with van der Waals surface area (Å²) in [4.78, 5) is 12.3. The molecule has 1 rings (SSSR count). The fourth-order valence-electron chi connectivity index (χ4n) is 2.13. The predicted molar refractivity (Wildman–Crippen MR) is 79.5 cm³/mol. The third kappa shape index (κ3) is 4.05. The van der Waals surface area contributed by atoms with Crippen molar-refractivity contribution < 1.29 is 14.3 Å². The van der Waals surface area contributed by atoms with E-state index in [0.717, 1.165) is 5.56 Å². The molecule has 0 saturated carbocycles. The molecule has 1 aromatic rings. The van der Waals surface area contributed by atoms with E-state index in [2.05, 4.69) is 19.2 Å². The van der Waals surface area contributed by atoms with Crippen LogP contribution in [0.4, 0.5) is 0 Å². The number of carbonyl (C=O) groups is 1. The third-order valence-electron chi connectivity index (χ3n) is 3.05. The molecule has 0 fully saturated rings. The smallest absolute Gasteiger partial charge is 0.333 e. The second-order valence-electron chi connectivity index (χ2n) is 5.20. The average molecular weight is 279 g/mol. The highest BCUT2D eigenvalue weighted by Crippen LogP contribution is 2.24. The minimum absolute atomic E-state index is 0.260. The highest BCUT2D eigenvalue weighted by Gasteiger charge is 2.41. The molecule has 20 heavy (non-hydrogen) atoms. The van der Waals surface area contributed by atoms with Crippen molar-refractivity contribution in [2.45, 2.75) is 26.3 Å². The van der Waals surface area contributed by atoms with E-state index < -0.39 is 5.54 Å². The van der Waals surface area contributed by atoms with Gasteiger partial charge in [0.05, 0.1) is 13.7 Å². The van der Waals surface area contributed by atoms with Crippen LogP contribution in [0.1, 0.15) is 26.3 Å². The molecule has 0 radical (unpaired) electrons. The van der Waals surface area contributed by atoms with Gasteiger partial charge in [0, 0.05) is 6.61 Å². The molecule has 1 aromatic carbocycles. The van der Waals surface area contributed by atoms with E-state index in [1.54, 1.807) is 0 Å². The van der Waals surface area contributed by atoms with Crippen LogP contribution in [0.2, 0.25) is 0 Å². The monoisotopic (exact) mass is 279 g/mol. The fourth-order valence-corrected chi connectivity index (χ4v) is 2.13. The molecule has 1 unspecified atom stereocenters. The van der Waals surface area contributed by atoms with Gasteiger partial charge in [-0.3, -0.25) is 5.32 Å². The van der Waals surface area contributed by atoms with E-state index in [4.69, 9.17) is 9.47 Å². The number of nitrogens with one attached hydrogen (secondary N) is 1. The maximum Gasteiger partial charge on any atom is 0.333 e. The van der Waals surface area contributed by atoms with E-state index in [9.17, 15) is 4.79 Å². The zero-order valence-electron chi connectivity index (χ0n) is 12.8. The van der Waals surface area contributed by atoms with Gasteiger partial charge in [-0.1, -0.05) is 51.1 Å². The molecular weight excluding hydrogens is 254 g/mol. The Morgan fingerprint density at radius 3 is 2.45 bits per heavy atom. The van der Waals surface area contributed by atoms with Crippen LogP contribution in [0.5, 0.6) is 0 Å². The SMILES string of the molecule is CCNC(COCC(C)C)(C(=O)OC)c1ccccc1. The van der Waals surface area contributed by atoms with Gasteiger partial charge in [0.1, 0.15) is 0 Å². The van der Waals surface area contributed by atoms with Crippen LogP contribution < -0.4 is 5.32 Å². The van der Waals surface area contributed by atoms with Crippen molar-refractivity contribution in [3.05, 3.63) is 35.9 Å². The molecule has 0 amide bonds. The summed E-state index contributed by atoms with van der Waals surface area (Å²) < 4.78 is 10.7. The van der Waals surface area contributed by atoms with Gasteiger partial charge in [-0.15, -0.1) is 0 Å². The van der Waals surface area contributed by atoms with Gasteiger partial charge < -0.3 is 9.47 Å². The second kappa shape index (κ2) is 8.02. The van der Waals surface area contributed by atoms with Gasteiger partial charge in [0.2, 0.25) is 0 Å². The number of hydrogen-bond acceptors (Lipinski definition) is 4. The summed E-state index contributed by atoms with van der Waals surface area (Å²) in [6.07, 6.45) is 0. The number of esters is 1. The minimum Gasteiger partial charge on any atom is -0.467 e. The van der Waals surface area contributed by atoms with E-state index in [0.29, 0.717) is 19.1 Å². The standard InChI is InChI=1S/C16H25NO3/c1-5-17-16(15(18)19-4,12-20-11-13(2)3)14-9-7-6-8-10-14/h6-10,13,17H,5,11-12H2,1-4H3. The summed E-state index contributed by atoms with van der Waals surface area (Å²) >= 11 is 0. The predicted octanol–water partition coefficient (Wildman–Crippen LogP) is 2.34. The number of benzene rings is 1. The molecule has 0 aliphatic carbocycles. The van der Waals surface area contributed by atoms with Gasteiger partial charge in [-0.05, 0) is 18.0 Å². The minimum atomic E-state index is -0.945. The van der Waals surface area contributed by atoms with Crippen molar-refractivity contribution in [2.75, 3.05) is 26.9 Å². The number of methoxy groups -OCH3 is 1. The molecule has 0 spiro atoms. The molecule has 0 aliphatic rings. The van der Waals surface area contributed by atoms with E-state index >= 15 is 0 Å². The Bertz CT molecular complexity index is 405. The Kier molecular flexibility index (Phi) is 6.68. The number of carbonyl (C=O) groups excluding carboxylic acids is 1. The van der Waals surface area contributed by atoms with E-state index in [1.165, 1.54) is 7.11 Å². The summed E-state index contributed by atoms with van der Waals surface area (Å²) in [7, 11) is 1.40. The molecule has 4 heteroatoms. The lowest BCUT2D eigenvalue weighted by Crippen LogP contribution is -2.53. The van der Waals surface area contributed by atoms with Crippen LogP contribution in [-0.4, -0.2) is 32.8 Å². The lowest BCUT2D eigenvalue weighted by Gasteiger charge is -2.32. The van der Waals surface area contributed by atoms with Crippen molar-refractivity contribution in [1.82, 2.24) is 5.32 Å². The van der Waals surface area contributed by atoms with Gasteiger partial charge in [0.25, 0.3) is 0 Å². The maximum atomic E-state index is 12.3. The average Bonchev–Trinajstić information content (AvgIpc) is 2.46. The van der Waals surface area contributed by atoms with Crippen LogP contribution >= 0.6 is 0 Å². The molecule has 1 atom stereocenters. The molecule has 0 aliphatic heterocycles. The normalized spacial score (nSPS) is 14.1.